The molecule has 3 aromatic rings. The predicted octanol–water partition coefficient (Wildman–Crippen LogP) is 5.53. The molecule has 3 saturated heterocycles. The highest BCUT2D eigenvalue weighted by Crippen LogP contribution is 2.46. The lowest BCUT2D eigenvalue weighted by Crippen LogP contribution is -2.43. The first kappa shape index (κ1) is 28.0. The minimum Gasteiger partial charge on any atom is -0.508 e. The van der Waals surface area contributed by atoms with Gasteiger partial charge in [0.1, 0.15) is 41.4 Å². The zero-order valence-electron chi connectivity index (χ0n) is 25.4. The second-order valence-electron chi connectivity index (χ2n) is 13.2. The van der Waals surface area contributed by atoms with Gasteiger partial charge in [-0.25, -0.2) is 9.37 Å². The molecular weight excluding hydrogens is 561 g/mol. The fourth-order valence-electron chi connectivity index (χ4n) is 8.40. The van der Waals surface area contributed by atoms with E-state index in [1.807, 2.05) is 6.07 Å². The van der Waals surface area contributed by atoms with Gasteiger partial charge < -0.3 is 24.2 Å². The highest BCUT2D eigenvalue weighted by Gasteiger charge is 2.46. The molecule has 3 atom stereocenters. The lowest BCUT2D eigenvalue weighted by atomic mass is 9.78. The van der Waals surface area contributed by atoms with E-state index >= 15 is 4.39 Å². The first-order chi connectivity index (χ1) is 21.4. The van der Waals surface area contributed by atoms with Gasteiger partial charge in [0.25, 0.3) is 0 Å². The fourth-order valence-corrected chi connectivity index (χ4v) is 8.40. The summed E-state index contributed by atoms with van der Waals surface area (Å²) >= 11 is 0. The molecule has 0 spiro atoms. The summed E-state index contributed by atoms with van der Waals surface area (Å²) in [6.45, 7) is 10.9. The summed E-state index contributed by atoms with van der Waals surface area (Å²) in [4.78, 5) is 19.1. The van der Waals surface area contributed by atoms with E-state index in [1.165, 1.54) is 5.57 Å². The smallest absolute Gasteiger partial charge is 0.319 e. The predicted molar refractivity (Wildman–Crippen MR) is 165 cm³/mol. The van der Waals surface area contributed by atoms with Gasteiger partial charge in [0.05, 0.1) is 18.2 Å². The van der Waals surface area contributed by atoms with Gasteiger partial charge in [-0.1, -0.05) is 19.1 Å². The van der Waals surface area contributed by atoms with E-state index in [4.69, 9.17) is 29.2 Å². The minimum atomic E-state index is -0.548. The summed E-state index contributed by atoms with van der Waals surface area (Å²) in [5.74, 6) is 0.705. The van der Waals surface area contributed by atoms with E-state index in [0.717, 1.165) is 75.6 Å². The number of hydrogen-bond donors (Lipinski definition) is 1. The SMILES string of the molecule is C=C1CN2CCC[C@@]2(COc2nc3c4c(nc(-c5cc(O)cc6c5[C@H](CC)CCC6)c(F)c4n2)OC[C@@H]2COCCCN32)C1. The van der Waals surface area contributed by atoms with Crippen molar-refractivity contribution in [1.82, 2.24) is 19.9 Å². The molecule has 10 heteroatoms. The van der Waals surface area contributed by atoms with E-state index < -0.39 is 5.82 Å². The zero-order valence-corrected chi connectivity index (χ0v) is 25.4. The summed E-state index contributed by atoms with van der Waals surface area (Å²) < 4.78 is 35.7. The quantitative estimate of drug-likeness (QED) is 0.379. The summed E-state index contributed by atoms with van der Waals surface area (Å²) in [5.41, 5.74) is 4.12. The number of anilines is 1. The third kappa shape index (κ3) is 4.52. The standard InChI is InChI=1S/C34H40FN5O4/c1-3-21-7-4-8-22-13-24(41)14-25(26(21)22)29-28(35)30-27-31(40-11-6-12-42-17-23(40)18-43-32(27)36-29)38-33(37-30)44-19-34-9-5-10-39(34)16-20(2)15-34/h13-14,21,23,41H,2-12,15-19H2,1H3/t21-,23+,34+/m1/s1. The number of rotatable bonds is 5. The summed E-state index contributed by atoms with van der Waals surface area (Å²) in [6.07, 6.45) is 7.68. The molecule has 3 fully saturated rings. The molecule has 8 rings (SSSR count). The van der Waals surface area contributed by atoms with E-state index in [9.17, 15) is 5.11 Å². The number of fused-ring (bicyclic) bond motifs is 4. The summed E-state index contributed by atoms with van der Waals surface area (Å²) in [6, 6.07) is 3.52. The molecule has 4 aliphatic heterocycles. The average molecular weight is 602 g/mol. The first-order valence-corrected chi connectivity index (χ1v) is 16.2. The Morgan fingerprint density at radius 1 is 1.16 bits per heavy atom. The number of phenolic OH excluding ortho intramolecular Hbond substituents is 1. The number of benzene rings is 1. The number of pyridine rings is 1. The number of phenols is 1. The Labute approximate surface area is 257 Å². The minimum absolute atomic E-state index is 0.107. The maximum atomic E-state index is 17.0. The van der Waals surface area contributed by atoms with Crippen molar-refractivity contribution >= 4 is 16.7 Å². The molecule has 1 aromatic carbocycles. The van der Waals surface area contributed by atoms with Crippen molar-refractivity contribution in [2.24, 2.45) is 0 Å². The average Bonchev–Trinajstić information content (AvgIpc) is 3.37. The van der Waals surface area contributed by atoms with Crippen molar-refractivity contribution in [3.05, 3.63) is 41.2 Å². The van der Waals surface area contributed by atoms with Gasteiger partial charge in [-0.15, -0.1) is 0 Å². The van der Waals surface area contributed by atoms with Gasteiger partial charge in [-0.2, -0.15) is 9.97 Å². The molecule has 0 bridgehead atoms. The van der Waals surface area contributed by atoms with E-state index in [2.05, 4.69) is 23.3 Å². The van der Waals surface area contributed by atoms with Crippen LogP contribution in [0.4, 0.5) is 10.2 Å². The van der Waals surface area contributed by atoms with Gasteiger partial charge in [0.15, 0.2) is 5.82 Å². The lowest BCUT2D eigenvalue weighted by molar-refractivity contribution is 0.108. The maximum Gasteiger partial charge on any atom is 0.319 e. The van der Waals surface area contributed by atoms with Gasteiger partial charge in [-0.05, 0) is 87.1 Å². The van der Waals surface area contributed by atoms with Gasteiger partial charge >= 0.3 is 6.01 Å². The van der Waals surface area contributed by atoms with Crippen LogP contribution in [-0.4, -0.2) is 82.6 Å². The fraction of sp³-hybridized carbons (Fsp3) is 0.559. The first-order valence-electron chi connectivity index (χ1n) is 16.2. The molecule has 9 nitrogen and oxygen atoms in total. The molecule has 6 heterocycles. The number of aryl methyl sites for hydroxylation is 1. The molecule has 44 heavy (non-hydrogen) atoms. The topological polar surface area (TPSA) is 93.1 Å². The molecule has 0 unspecified atom stereocenters. The van der Waals surface area contributed by atoms with Crippen LogP contribution in [0.25, 0.3) is 22.2 Å². The lowest BCUT2D eigenvalue weighted by Gasteiger charge is -2.31. The molecular formula is C34H40FN5O4. The van der Waals surface area contributed by atoms with Crippen molar-refractivity contribution in [2.45, 2.75) is 75.8 Å². The van der Waals surface area contributed by atoms with Crippen LogP contribution in [0.3, 0.4) is 0 Å². The van der Waals surface area contributed by atoms with Gasteiger partial charge in [0, 0.05) is 25.3 Å². The highest BCUT2D eigenvalue weighted by molar-refractivity contribution is 5.97. The van der Waals surface area contributed by atoms with Crippen LogP contribution in [-0.2, 0) is 11.2 Å². The van der Waals surface area contributed by atoms with Gasteiger partial charge in [-0.3, -0.25) is 4.90 Å². The van der Waals surface area contributed by atoms with Gasteiger partial charge in [0.2, 0.25) is 5.88 Å². The number of nitrogens with zero attached hydrogens (tertiary/aromatic N) is 5. The van der Waals surface area contributed by atoms with Crippen molar-refractivity contribution in [1.29, 1.82) is 0 Å². The molecule has 2 aromatic heterocycles. The van der Waals surface area contributed by atoms with Crippen LogP contribution in [0.5, 0.6) is 17.6 Å². The molecule has 0 saturated carbocycles. The monoisotopic (exact) mass is 601 g/mol. The Bertz CT molecular complexity index is 1650. The van der Waals surface area contributed by atoms with Crippen LogP contribution >= 0.6 is 0 Å². The van der Waals surface area contributed by atoms with Crippen molar-refractivity contribution in [2.75, 3.05) is 51.0 Å². The normalized spacial score (nSPS) is 26.5. The molecule has 232 valence electrons. The second-order valence-corrected chi connectivity index (χ2v) is 13.2. The van der Waals surface area contributed by atoms with Crippen LogP contribution in [0, 0.1) is 5.82 Å². The Hall–Kier alpha value is -3.50. The Morgan fingerprint density at radius 2 is 2.07 bits per heavy atom. The molecule has 0 radical (unpaired) electrons. The Kier molecular flexibility index (Phi) is 6.90. The van der Waals surface area contributed by atoms with Crippen LogP contribution < -0.4 is 14.4 Å². The van der Waals surface area contributed by atoms with E-state index in [1.54, 1.807) is 6.07 Å². The third-order valence-electron chi connectivity index (χ3n) is 10.4. The summed E-state index contributed by atoms with van der Waals surface area (Å²) in [5, 5.41) is 11.2. The molecule has 1 aliphatic carbocycles. The molecule has 5 aliphatic rings. The number of halogens is 1. The molecule has 1 N–H and O–H groups in total. The third-order valence-corrected chi connectivity index (χ3v) is 10.4. The Morgan fingerprint density at radius 3 is 2.95 bits per heavy atom. The number of aromatic nitrogens is 3. The Balaban J connectivity index is 1.30. The van der Waals surface area contributed by atoms with Crippen LogP contribution in [0.2, 0.25) is 0 Å². The number of aromatic hydroxyl groups is 1. The van der Waals surface area contributed by atoms with Crippen LogP contribution in [0.1, 0.15) is 68.9 Å². The zero-order chi connectivity index (χ0) is 30.0. The number of hydrogen-bond acceptors (Lipinski definition) is 9. The van der Waals surface area contributed by atoms with E-state index in [0.29, 0.717) is 55.6 Å². The second kappa shape index (κ2) is 10.8. The van der Waals surface area contributed by atoms with Crippen LogP contribution in [0.15, 0.2) is 24.3 Å². The van der Waals surface area contributed by atoms with Crippen molar-refractivity contribution < 1.29 is 23.7 Å². The summed E-state index contributed by atoms with van der Waals surface area (Å²) in [7, 11) is 0. The maximum absolute atomic E-state index is 17.0. The highest BCUT2D eigenvalue weighted by atomic mass is 19.1. The number of ether oxygens (including phenoxy) is 3. The van der Waals surface area contributed by atoms with Crippen molar-refractivity contribution in [3.63, 3.8) is 0 Å². The largest absolute Gasteiger partial charge is 0.508 e. The van der Waals surface area contributed by atoms with E-state index in [-0.39, 0.29) is 40.5 Å². The van der Waals surface area contributed by atoms with Crippen molar-refractivity contribution in [3.8, 4) is 28.9 Å². The molecule has 0 amide bonds.